The fourth-order valence-electron chi connectivity index (χ4n) is 3.88. The van der Waals surface area contributed by atoms with Gasteiger partial charge in [0.25, 0.3) is 0 Å². The SMILES string of the molecule is Cc1cc(C)c(O)c(-c2nnnc(-c3cccc(N(c4ccccc4)c4ccccn4)c3)n2)c1. The van der Waals surface area contributed by atoms with Crippen LogP contribution in [0.15, 0.2) is 91.1 Å². The van der Waals surface area contributed by atoms with Crippen molar-refractivity contribution < 1.29 is 5.11 Å². The number of phenolic OH excluding ortho intramolecular Hbond substituents is 1. The quantitative estimate of drug-likeness (QED) is 0.366. The van der Waals surface area contributed by atoms with E-state index >= 15 is 0 Å². The first-order chi connectivity index (χ1) is 16.6. The van der Waals surface area contributed by atoms with Gasteiger partial charge in [-0.05, 0) is 72.7 Å². The number of phenols is 1. The first-order valence-corrected chi connectivity index (χ1v) is 10.8. The van der Waals surface area contributed by atoms with Crippen molar-refractivity contribution in [2.75, 3.05) is 4.90 Å². The zero-order chi connectivity index (χ0) is 23.5. The van der Waals surface area contributed by atoms with E-state index in [9.17, 15) is 5.11 Å². The molecule has 0 atom stereocenters. The molecule has 34 heavy (non-hydrogen) atoms. The van der Waals surface area contributed by atoms with Gasteiger partial charge in [0.15, 0.2) is 11.6 Å². The van der Waals surface area contributed by atoms with E-state index in [1.165, 1.54) is 0 Å². The van der Waals surface area contributed by atoms with E-state index in [1.807, 2.05) is 98.8 Å². The predicted molar refractivity (Wildman–Crippen MR) is 132 cm³/mol. The zero-order valence-corrected chi connectivity index (χ0v) is 18.8. The molecule has 0 spiro atoms. The molecule has 2 aromatic heterocycles. The Morgan fingerprint density at radius 1 is 0.735 bits per heavy atom. The van der Waals surface area contributed by atoms with Crippen LogP contribution in [0.25, 0.3) is 22.8 Å². The average molecular weight is 447 g/mol. The third kappa shape index (κ3) is 4.19. The van der Waals surface area contributed by atoms with Crippen LogP contribution in [0.1, 0.15) is 11.1 Å². The third-order valence-electron chi connectivity index (χ3n) is 5.43. The standard InChI is InChI=1S/C27H22N6O/c1-18-15-19(2)25(34)23(16-18)27-29-26(30-32-31-27)20-9-8-12-22(17-20)33(21-10-4-3-5-11-21)24-13-6-7-14-28-24/h3-17,34H,1-2H3. The van der Waals surface area contributed by atoms with E-state index in [-0.39, 0.29) is 5.75 Å². The lowest BCUT2D eigenvalue weighted by atomic mass is 10.1. The molecule has 5 aromatic rings. The Bertz CT molecular complexity index is 1400. The molecule has 7 nitrogen and oxygen atoms in total. The van der Waals surface area contributed by atoms with Crippen molar-refractivity contribution in [2.45, 2.75) is 13.8 Å². The van der Waals surface area contributed by atoms with Crippen molar-refractivity contribution in [1.29, 1.82) is 0 Å². The molecule has 0 saturated carbocycles. The topological polar surface area (TPSA) is 87.9 Å². The third-order valence-corrected chi connectivity index (χ3v) is 5.43. The number of anilines is 3. The Hall–Kier alpha value is -4.65. The lowest BCUT2D eigenvalue weighted by Crippen LogP contribution is -2.11. The van der Waals surface area contributed by atoms with E-state index in [1.54, 1.807) is 6.20 Å². The van der Waals surface area contributed by atoms with Crippen LogP contribution in [-0.2, 0) is 0 Å². The first kappa shape index (κ1) is 21.2. The number of para-hydroxylation sites is 1. The van der Waals surface area contributed by atoms with Gasteiger partial charge in [0, 0.05) is 23.1 Å². The number of aryl methyl sites for hydroxylation is 2. The molecule has 166 valence electrons. The van der Waals surface area contributed by atoms with Crippen LogP contribution in [0.3, 0.4) is 0 Å². The monoisotopic (exact) mass is 446 g/mol. The minimum absolute atomic E-state index is 0.142. The summed E-state index contributed by atoms with van der Waals surface area (Å²) in [5.74, 6) is 1.67. The van der Waals surface area contributed by atoms with E-state index in [0.29, 0.717) is 17.2 Å². The summed E-state index contributed by atoms with van der Waals surface area (Å²) in [7, 11) is 0. The molecule has 0 fully saturated rings. The van der Waals surface area contributed by atoms with Crippen LogP contribution in [0, 0.1) is 13.8 Å². The van der Waals surface area contributed by atoms with Crippen molar-refractivity contribution in [3.8, 4) is 28.5 Å². The summed E-state index contributed by atoms with van der Waals surface area (Å²) in [5, 5.41) is 22.7. The summed E-state index contributed by atoms with van der Waals surface area (Å²) in [6.45, 7) is 3.81. The summed E-state index contributed by atoms with van der Waals surface area (Å²) >= 11 is 0. The normalized spacial score (nSPS) is 10.8. The Morgan fingerprint density at radius 2 is 1.50 bits per heavy atom. The van der Waals surface area contributed by atoms with E-state index in [2.05, 4.69) is 30.3 Å². The second kappa shape index (κ2) is 9.07. The molecule has 0 aliphatic rings. The minimum atomic E-state index is 0.142. The molecule has 0 amide bonds. The fraction of sp³-hybridized carbons (Fsp3) is 0.0741. The highest BCUT2D eigenvalue weighted by atomic mass is 16.3. The number of aromatic hydroxyl groups is 1. The number of hydrogen-bond acceptors (Lipinski definition) is 7. The maximum absolute atomic E-state index is 10.6. The minimum Gasteiger partial charge on any atom is -0.507 e. The smallest absolute Gasteiger partial charge is 0.189 e. The largest absolute Gasteiger partial charge is 0.507 e. The molecule has 1 N–H and O–H groups in total. The second-order valence-electron chi connectivity index (χ2n) is 7.94. The molecule has 0 aliphatic heterocycles. The van der Waals surface area contributed by atoms with Crippen molar-refractivity contribution >= 4 is 17.2 Å². The van der Waals surface area contributed by atoms with Crippen molar-refractivity contribution in [3.05, 3.63) is 102 Å². The fourth-order valence-corrected chi connectivity index (χ4v) is 3.88. The summed E-state index contributed by atoms with van der Waals surface area (Å²) in [4.78, 5) is 11.2. The van der Waals surface area contributed by atoms with E-state index < -0.39 is 0 Å². The highest BCUT2D eigenvalue weighted by Crippen LogP contribution is 2.35. The molecule has 0 radical (unpaired) electrons. The summed E-state index contributed by atoms with van der Waals surface area (Å²) in [5.41, 5.74) is 4.95. The highest BCUT2D eigenvalue weighted by molar-refractivity contribution is 5.77. The highest BCUT2D eigenvalue weighted by Gasteiger charge is 2.16. The van der Waals surface area contributed by atoms with Crippen LogP contribution in [0.2, 0.25) is 0 Å². The molecule has 0 unspecified atom stereocenters. The van der Waals surface area contributed by atoms with Gasteiger partial charge >= 0.3 is 0 Å². The van der Waals surface area contributed by atoms with Crippen LogP contribution in [0.4, 0.5) is 17.2 Å². The van der Waals surface area contributed by atoms with Crippen molar-refractivity contribution in [2.24, 2.45) is 0 Å². The van der Waals surface area contributed by atoms with Crippen LogP contribution >= 0.6 is 0 Å². The Morgan fingerprint density at radius 3 is 2.29 bits per heavy atom. The Balaban J connectivity index is 1.59. The number of hydrogen-bond donors (Lipinski definition) is 1. The molecule has 5 rings (SSSR count). The number of nitrogens with zero attached hydrogens (tertiary/aromatic N) is 6. The van der Waals surface area contributed by atoms with Gasteiger partial charge in [0.05, 0.1) is 5.56 Å². The number of benzene rings is 3. The van der Waals surface area contributed by atoms with Gasteiger partial charge in [0.2, 0.25) is 0 Å². The van der Waals surface area contributed by atoms with Gasteiger partial charge in [-0.25, -0.2) is 9.97 Å². The maximum atomic E-state index is 10.6. The second-order valence-corrected chi connectivity index (χ2v) is 7.94. The van der Waals surface area contributed by atoms with Crippen LogP contribution < -0.4 is 4.90 Å². The summed E-state index contributed by atoms with van der Waals surface area (Å²) in [6, 6.07) is 27.5. The lowest BCUT2D eigenvalue weighted by Gasteiger charge is -2.24. The molecular formula is C27H22N6O. The van der Waals surface area contributed by atoms with E-state index in [0.717, 1.165) is 33.9 Å². The van der Waals surface area contributed by atoms with Crippen LogP contribution in [0.5, 0.6) is 5.75 Å². The van der Waals surface area contributed by atoms with Crippen molar-refractivity contribution in [1.82, 2.24) is 25.4 Å². The van der Waals surface area contributed by atoms with Gasteiger partial charge in [-0.15, -0.1) is 10.2 Å². The molecular weight excluding hydrogens is 424 g/mol. The van der Waals surface area contributed by atoms with Gasteiger partial charge in [-0.3, -0.25) is 4.90 Å². The number of rotatable bonds is 5. The average Bonchev–Trinajstić information content (AvgIpc) is 2.88. The van der Waals surface area contributed by atoms with Crippen LogP contribution in [-0.4, -0.2) is 30.5 Å². The van der Waals surface area contributed by atoms with Gasteiger partial charge in [-0.2, -0.15) is 0 Å². The number of pyridine rings is 1. The molecule has 0 aliphatic carbocycles. The Labute approximate surface area is 197 Å². The predicted octanol–water partition coefficient (Wildman–Crippen LogP) is 5.79. The summed E-state index contributed by atoms with van der Waals surface area (Å²) in [6.07, 6.45) is 1.77. The molecule has 3 aromatic carbocycles. The van der Waals surface area contributed by atoms with Crippen molar-refractivity contribution in [3.63, 3.8) is 0 Å². The maximum Gasteiger partial charge on any atom is 0.189 e. The Kier molecular flexibility index (Phi) is 5.66. The van der Waals surface area contributed by atoms with Gasteiger partial charge in [0.1, 0.15) is 11.6 Å². The summed E-state index contributed by atoms with van der Waals surface area (Å²) < 4.78 is 0. The molecule has 0 bridgehead atoms. The number of aromatic nitrogens is 5. The van der Waals surface area contributed by atoms with E-state index in [4.69, 9.17) is 0 Å². The zero-order valence-electron chi connectivity index (χ0n) is 18.8. The van der Waals surface area contributed by atoms with Gasteiger partial charge in [-0.1, -0.05) is 42.5 Å². The molecule has 0 saturated heterocycles. The first-order valence-electron chi connectivity index (χ1n) is 10.8. The molecule has 7 heteroatoms. The lowest BCUT2D eigenvalue weighted by molar-refractivity contribution is 0.472. The van der Waals surface area contributed by atoms with Gasteiger partial charge < -0.3 is 5.11 Å². The molecule has 2 heterocycles.